The van der Waals surface area contributed by atoms with E-state index in [-0.39, 0.29) is 12.5 Å². The van der Waals surface area contributed by atoms with Crippen LogP contribution in [-0.2, 0) is 11.3 Å². The SMILES string of the molecule is CC(C)(C#N)CN1C(=O)COc2ccc(CN)cc21. The second-order valence-electron chi connectivity index (χ2n) is 5.27. The second-order valence-corrected chi connectivity index (χ2v) is 5.27. The fourth-order valence-corrected chi connectivity index (χ4v) is 1.98. The summed E-state index contributed by atoms with van der Waals surface area (Å²) >= 11 is 0. The lowest BCUT2D eigenvalue weighted by Gasteiger charge is -2.33. The minimum Gasteiger partial charge on any atom is -0.482 e. The number of benzene rings is 1. The first kappa shape index (κ1) is 13.4. The van der Waals surface area contributed by atoms with Crippen molar-refractivity contribution < 1.29 is 9.53 Å². The molecule has 1 aromatic carbocycles. The molecular weight excluding hydrogens is 242 g/mol. The normalized spacial score (nSPS) is 14.6. The molecule has 0 aliphatic carbocycles. The molecule has 0 unspecified atom stereocenters. The van der Waals surface area contributed by atoms with Crippen LogP contribution in [0.4, 0.5) is 5.69 Å². The van der Waals surface area contributed by atoms with Gasteiger partial charge >= 0.3 is 0 Å². The Bertz CT molecular complexity index is 546. The van der Waals surface area contributed by atoms with Crippen molar-refractivity contribution in [1.82, 2.24) is 0 Å². The van der Waals surface area contributed by atoms with E-state index in [0.29, 0.717) is 24.5 Å². The van der Waals surface area contributed by atoms with Crippen LogP contribution in [0, 0.1) is 16.7 Å². The van der Waals surface area contributed by atoms with E-state index in [9.17, 15) is 4.79 Å². The number of ether oxygens (including phenoxy) is 1. The predicted octanol–water partition coefficient (Wildman–Crippen LogP) is 1.42. The average molecular weight is 259 g/mol. The molecule has 0 saturated heterocycles. The zero-order chi connectivity index (χ0) is 14.0. The van der Waals surface area contributed by atoms with Crippen LogP contribution in [0.2, 0.25) is 0 Å². The van der Waals surface area contributed by atoms with Gasteiger partial charge in [-0.2, -0.15) is 5.26 Å². The molecule has 1 amide bonds. The molecular formula is C14H17N3O2. The smallest absolute Gasteiger partial charge is 0.265 e. The molecule has 1 aliphatic rings. The largest absolute Gasteiger partial charge is 0.482 e. The van der Waals surface area contributed by atoms with Crippen molar-refractivity contribution in [1.29, 1.82) is 5.26 Å². The summed E-state index contributed by atoms with van der Waals surface area (Å²) < 4.78 is 5.40. The number of anilines is 1. The molecule has 5 nitrogen and oxygen atoms in total. The fraction of sp³-hybridized carbons (Fsp3) is 0.429. The van der Waals surface area contributed by atoms with Crippen LogP contribution >= 0.6 is 0 Å². The Kier molecular flexibility index (Phi) is 3.45. The van der Waals surface area contributed by atoms with Crippen molar-refractivity contribution in [2.75, 3.05) is 18.1 Å². The molecule has 1 heterocycles. The van der Waals surface area contributed by atoms with Crippen molar-refractivity contribution in [2.24, 2.45) is 11.1 Å². The summed E-state index contributed by atoms with van der Waals surface area (Å²) in [7, 11) is 0. The maximum absolute atomic E-state index is 12.0. The van der Waals surface area contributed by atoms with Gasteiger partial charge in [-0.25, -0.2) is 0 Å². The first-order valence-corrected chi connectivity index (χ1v) is 6.14. The van der Waals surface area contributed by atoms with Crippen molar-refractivity contribution >= 4 is 11.6 Å². The van der Waals surface area contributed by atoms with Crippen molar-refractivity contribution in [3.05, 3.63) is 23.8 Å². The molecule has 2 N–H and O–H groups in total. The van der Waals surface area contributed by atoms with Gasteiger partial charge in [0.05, 0.1) is 17.2 Å². The Morgan fingerprint density at radius 3 is 2.89 bits per heavy atom. The topological polar surface area (TPSA) is 79.3 Å². The highest BCUT2D eigenvalue weighted by molar-refractivity contribution is 5.98. The minimum atomic E-state index is -0.608. The molecule has 0 radical (unpaired) electrons. The fourth-order valence-electron chi connectivity index (χ4n) is 1.98. The van der Waals surface area contributed by atoms with Gasteiger partial charge in [0, 0.05) is 13.1 Å². The molecule has 0 bridgehead atoms. The van der Waals surface area contributed by atoms with Crippen molar-refractivity contribution in [3.8, 4) is 11.8 Å². The predicted molar refractivity (Wildman–Crippen MR) is 71.6 cm³/mol. The van der Waals surface area contributed by atoms with Gasteiger partial charge in [0.1, 0.15) is 5.75 Å². The molecule has 2 rings (SSSR count). The minimum absolute atomic E-state index is 0.0104. The van der Waals surface area contributed by atoms with E-state index in [1.807, 2.05) is 32.0 Å². The van der Waals surface area contributed by atoms with Crippen LogP contribution in [0.25, 0.3) is 0 Å². The van der Waals surface area contributed by atoms with E-state index >= 15 is 0 Å². The van der Waals surface area contributed by atoms with E-state index in [4.69, 9.17) is 15.7 Å². The summed E-state index contributed by atoms with van der Waals surface area (Å²) in [4.78, 5) is 13.6. The van der Waals surface area contributed by atoms with Gasteiger partial charge < -0.3 is 15.4 Å². The van der Waals surface area contributed by atoms with Crippen LogP contribution in [-0.4, -0.2) is 19.1 Å². The summed E-state index contributed by atoms with van der Waals surface area (Å²) in [5, 5.41) is 9.12. The van der Waals surface area contributed by atoms with Crippen molar-refractivity contribution in [3.63, 3.8) is 0 Å². The summed E-state index contributed by atoms with van der Waals surface area (Å²) in [6, 6.07) is 7.75. The van der Waals surface area contributed by atoms with E-state index in [1.54, 1.807) is 4.90 Å². The molecule has 1 aliphatic heterocycles. The third kappa shape index (κ3) is 2.69. The number of hydrogen-bond acceptors (Lipinski definition) is 4. The van der Waals surface area contributed by atoms with E-state index in [2.05, 4.69) is 6.07 Å². The first-order valence-electron chi connectivity index (χ1n) is 6.14. The highest BCUT2D eigenvalue weighted by Gasteiger charge is 2.31. The van der Waals surface area contributed by atoms with Gasteiger partial charge in [-0.15, -0.1) is 0 Å². The Morgan fingerprint density at radius 2 is 2.26 bits per heavy atom. The quantitative estimate of drug-likeness (QED) is 0.890. The van der Waals surface area contributed by atoms with Gasteiger partial charge in [0.2, 0.25) is 0 Å². The summed E-state index contributed by atoms with van der Waals surface area (Å²) in [5.41, 5.74) is 6.64. The lowest BCUT2D eigenvalue weighted by molar-refractivity contribution is -0.121. The Balaban J connectivity index is 2.40. The molecule has 0 fully saturated rings. The Morgan fingerprint density at radius 1 is 1.53 bits per heavy atom. The molecule has 0 spiro atoms. The van der Waals surface area contributed by atoms with Crippen LogP contribution < -0.4 is 15.4 Å². The molecule has 0 saturated carbocycles. The first-order chi connectivity index (χ1) is 8.96. The molecule has 19 heavy (non-hydrogen) atoms. The third-order valence-electron chi connectivity index (χ3n) is 3.06. The number of rotatable bonds is 3. The molecule has 100 valence electrons. The van der Waals surface area contributed by atoms with Gasteiger partial charge in [-0.3, -0.25) is 4.79 Å². The van der Waals surface area contributed by atoms with Crippen LogP contribution in [0.1, 0.15) is 19.4 Å². The van der Waals surface area contributed by atoms with Gasteiger partial charge in [0.15, 0.2) is 6.61 Å². The lowest BCUT2D eigenvalue weighted by atomic mass is 9.94. The zero-order valence-corrected chi connectivity index (χ0v) is 11.1. The average Bonchev–Trinajstić information content (AvgIpc) is 2.41. The number of carbonyl (C=O) groups is 1. The van der Waals surface area contributed by atoms with E-state index < -0.39 is 5.41 Å². The highest BCUT2D eigenvalue weighted by Crippen LogP contribution is 2.34. The van der Waals surface area contributed by atoms with Gasteiger partial charge in [-0.05, 0) is 31.5 Å². The standard InChI is InChI=1S/C14H17N3O2/c1-14(2,8-16)9-17-11-5-10(6-15)3-4-12(11)19-7-13(17)18/h3-5H,6-7,9,15H2,1-2H3. The Hall–Kier alpha value is -2.06. The maximum atomic E-state index is 12.0. The van der Waals surface area contributed by atoms with Crippen LogP contribution in [0.15, 0.2) is 18.2 Å². The van der Waals surface area contributed by atoms with Crippen molar-refractivity contribution in [2.45, 2.75) is 20.4 Å². The van der Waals surface area contributed by atoms with Crippen LogP contribution in [0.5, 0.6) is 5.75 Å². The Labute approximate surface area is 112 Å². The summed E-state index contributed by atoms with van der Waals surface area (Å²) in [6.07, 6.45) is 0. The molecule has 0 atom stereocenters. The number of hydrogen-bond donors (Lipinski definition) is 1. The number of fused-ring (bicyclic) bond motifs is 1. The monoisotopic (exact) mass is 259 g/mol. The van der Waals surface area contributed by atoms with E-state index in [1.165, 1.54) is 0 Å². The van der Waals surface area contributed by atoms with Gasteiger partial charge in [0.25, 0.3) is 5.91 Å². The lowest BCUT2D eigenvalue weighted by Crippen LogP contribution is -2.43. The third-order valence-corrected chi connectivity index (χ3v) is 3.06. The van der Waals surface area contributed by atoms with Crippen LogP contribution in [0.3, 0.4) is 0 Å². The zero-order valence-electron chi connectivity index (χ0n) is 11.1. The number of carbonyl (C=O) groups excluding carboxylic acids is 1. The van der Waals surface area contributed by atoms with Gasteiger partial charge in [-0.1, -0.05) is 6.07 Å². The second kappa shape index (κ2) is 4.90. The highest BCUT2D eigenvalue weighted by atomic mass is 16.5. The molecule has 0 aromatic heterocycles. The molecule has 1 aromatic rings. The number of nitrogens with zero attached hydrogens (tertiary/aromatic N) is 2. The number of nitrogens with two attached hydrogens (primary N) is 1. The molecule has 5 heteroatoms. The number of nitriles is 1. The summed E-state index contributed by atoms with van der Waals surface area (Å²) in [5.74, 6) is 0.524. The maximum Gasteiger partial charge on any atom is 0.265 e. The number of amides is 1. The summed E-state index contributed by atoms with van der Waals surface area (Å²) in [6.45, 7) is 4.37. The van der Waals surface area contributed by atoms with E-state index in [0.717, 1.165) is 5.56 Å².